The van der Waals surface area contributed by atoms with Crippen LogP contribution in [0.1, 0.15) is 83.3 Å². The zero-order chi connectivity index (χ0) is 94.9. The van der Waals surface area contributed by atoms with Crippen molar-refractivity contribution >= 4 is 95.3 Å². The van der Waals surface area contributed by atoms with Crippen molar-refractivity contribution in [2.24, 2.45) is 0 Å². The van der Waals surface area contributed by atoms with Crippen LogP contribution in [-0.2, 0) is 25.7 Å². The van der Waals surface area contributed by atoms with Crippen LogP contribution in [0.4, 0.5) is 0 Å². The molecule has 0 fully saturated rings. The number of benzene rings is 16. The second kappa shape index (κ2) is 47.7. The summed E-state index contributed by atoms with van der Waals surface area (Å²) in [6, 6.07) is 120. The molecule has 134 heavy (non-hydrogen) atoms. The molecule has 0 N–H and O–H groups in total. The van der Waals surface area contributed by atoms with Gasteiger partial charge in [0.25, 0.3) is 0 Å². The third-order valence-corrected chi connectivity index (χ3v) is 34.9. The summed E-state index contributed by atoms with van der Waals surface area (Å²) in [6.07, 6.45) is 3.88. The van der Waals surface area contributed by atoms with Crippen molar-refractivity contribution in [2.75, 3.05) is 71.1 Å². The summed E-state index contributed by atoms with van der Waals surface area (Å²) in [7, 11) is 13.4. The molecule has 0 spiro atoms. The van der Waals surface area contributed by atoms with Crippen molar-refractivity contribution in [2.45, 2.75) is 94.9 Å². The van der Waals surface area contributed by atoms with Gasteiger partial charge >= 0.3 is 0 Å². The number of hydrogen-bond donors (Lipinski definition) is 0. The molecule has 0 saturated carbocycles. The minimum atomic E-state index is -1.10. The quantitative estimate of drug-likeness (QED) is 0.0405. The van der Waals surface area contributed by atoms with E-state index < -0.39 is 31.7 Å². The van der Waals surface area contributed by atoms with E-state index in [0.29, 0.717) is 0 Å². The lowest BCUT2D eigenvalue weighted by Crippen LogP contribution is -2.28. The molecule has 0 unspecified atom stereocenters. The van der Waals surface area contributed by atoms with E-state index in [4.69, 9.17) is 47.4 Å². The van der Waals surface area contributed by atoms with E-state index >= 15 is 0 Å². The molecule has 0 heterocycles. The van der Waals surface area contributed by atoms with Crippen LogP contribution in [0.2, 0.25) is 0 Å². The zero-order valence-corrected chi connectivity index (χ0v) is 84.6. The van der Waals surface area contributed by atoms with Gasteiger partial charge in [0.05, 0.1) is 71.1 Å². The third-order valence-electron chi connectivity index (χ3n) is 24.5. The minimum Gasteiger partial charge on any atom is -0.496 e. The van der Waals surface area contributed by atoms with E-state index in [1.807, 2.05) is 24.3 Å². The molecule has 0 aliphatic carbocycles. The molecule has 14 heteroatoms. The molecule has 0 atom stereocenters. The fourth-order valence-electron chi connectivity index (χ4n) is 18.2. The topological polar surface area (TPSA) is 92.3 Å². The van der Waals surface area contributed by atoms with Gasteiger partial charge in [-0.15, -0.1) is 0 Å². The molecule has 16 aromatic carbocycles. The van der Waals surface area contributed by atoms with Crippen molar-refractivity contribution in [3.63, 3.8) is 0 Å². The Balaban J connectivity index is 0.000000160. The van der Waals surface area contributed by atoms with E-state index in [2.05, 4.69) is 385 Å². The maximum absolute atomic E-state index is 6.26. The van der Waals surface area contributed by atoms with Crippen LogP contribution in [0, 0.1) is 41.5 Å². The number of aryl methyl sites for hydroxylation is 6. The average molecular weight is 1850 g/mol. The molecule has 0 amide bonds. The molecular weight excluding hydrogens is 1730 g/mol. The molecule has 0 aromatic heterocycles. The van der Waals surface area contributed by atoms with Gasteiger partial charge < -0.3 is 47.4 Å². The van der Waals surface area contributed by atoms with Crippen molar-refractivity contribution in [3.8, 4) is 102 Å². The van der Waals surface area contributed by atoms with Gasteiger partial charge in [-0.1, -0.05) is 307 Å². The highest BCUT2D eigenvalue weighted by molar-refractivity contribution is 7.82. The van der Waals surface area contributed by atoms with Crippen LogP contribution in [0.15, 0.2) is 340 Å². The Morgan fingerprint density at radius 2 is 0.284 bits per heavy atom. The molecule has 0 aliphatic heterocycles. The van der Waals surface area contributed by atoms with E-state index in [1.165, 1.54) is 131 Å². The normalized spacial score (nSPS) is 10.9. The minimum absolute atomic E-state index is 0.735. The first-order chi connectivity index (χ1) is 65.5. The number of ether oxygens (including phenoxy) is 10. The maximum Gasteiger partial charge on any atom is 0.128 e. The largest absolute Gasteiger partial charge is 0.496 e. The summed E-state index contributed by atoms with van der Waals surface area (Å²) >= 11 is 0. The Kier molecular flexibility index (Phi) is 35.2. The van der Waals surface area contributed by atoms with Crippen molar-refractivity contribution in [3.05, 3.63) is 395 Å². The summed E-state index contributed by atoms with van der Waals surface area (Å²) in [5.41, 5.74) is 21.8. The fourth-order valence-corrected chi connectivity index (χ4v) is 28.7. The predicted molar refractivity (Wildman–Crippen MR) is 574 cm³/mol. The van der Waals surface area contributed by atoms with Crippen LogP contribution in [0.25, 0.3) is 44.5 Å². The van der Waals surface area contributed by atoms with E-state index in [-0.39, 0.29) is 0 Å². The molecule has 10 nitrogen and oxygen atoms in total. The van der Waals surface area contributed by atoms with Crippen LogP contribution in [-0.4, -0.2) is 71.1 Å². The van der Waals surface area contributed by atoms with Crippen LogP contribution < -0.4 is 111 Å². The Morgan fingerprint density at radius 1 is 0.149 bits per heavy atom. The van der Waals surface area contributed by atoms with Gasteiger partial charge in [0.2, 0.25) is 0 Å². The second-order valence-corrected chi connectivity index (χ2v) is 40.8. The summed E-state index contributed by atoms with van der Waals surface area (Å²) < 4.78 is 60.2. The predicted octanol–water partition coefficient (Wildman–Crippen LogP) is 24.6. The van der Waals surface area contributed by atoms with Gasteiger partial charge in [-0.3, -0.25) is 0 Å². The van der Waals surface area contributed by atoms with Crippen LogP contribution >= 0.6 is 31.7 Å². The van der Waals surface area contributed by atoms with E-state index in [1.54, 1.807) is 71.1 Å². The lowest BCUT2D eigenvalue weighted by molar-refractivity contribution is 0.402. The SMILES string of the molecule is CCc1c(C)ccc(OC)c1-c1c(OC)ccc(C)c1CC.CCc1c(C)ccc(OC)c1-c1c(OC)ccc(C)c1CC.COc1ccc(C)c(P(c2ccccc2)c2ccccc2)c1-c1c(OC)ccc(C)c1P(c1ccccc1)c1ccccc1.COc1ccc(OC)c(P(c2ccccc2)c2ccccc2)c1-c1c(OC)ccc(OC)c1P(c1ccccc1)c1ccccc1. The first-order valence-corrected chi connectivity index (χ1v) is 51.0. The fraction of sp³-hybridized carbons (Fsp3) is 0.200. The number of hydrogen-bond acceptors (Lipinski definition) is 10. The standard InChI is InChI=1S/C40H36O4P2.C40H36O2P2.2C20H26O2/c1-41-33-25-27-35(43-3)39(45(29-17-9-5-10-18-29)30-19-11-6-12-20-30)37(33)38-34(42-2)26-28-36(44-4)40(38)46(31-21-13-7-14-22-31)32-23-15-8-16-24-32;1-29-25-27-35(41-3)37(39(29)43(31-17-9-5-10-18-31)32-19-11-6-12-20-32)38-36(42-4)28-26-30(2)40(38)44(33-21-13-7-14-22-33)34-23-15-8-16-24-34;2*1-7-15-13(3)9-11-17(21-5)19(15)20-16(8-2)14(4)10-12-18(20)22-6/h5-28H,1-4H3;5-28H,1-4H3;2*9-12H,7-8H2,1-6H3. The van der Waals surface area contributed by atoms with Crippen LogP contribution in [0.3, 0.4) is 0 Å². The van der Waals surface area contributed by atoms with E-state index in [9.17, 15) is 0 Å². The third kappa shape index (κ3) is 21.4. The maximum atomic E-state index is 6.26. The van der Waals surface area contributed by atoms with Crippen molar-refractivity contribution in [1.82, 2.24) is 0 Å². The lowest BCUT2D eigenvalue weighted by atomic mass is 9.87. The summed E-state index contributed by atoms with van der Waals surface area (Å²) in [4.78, 5) is 0. The molecule has 0 radical (unpaired) electrons. The smallest absolute Gasteiger partial charge is 0.128 e. The molecule has 16 rings (SSSR count). The Bertz CT molecular complexity index is 5890. The summed E-state index contributed by atoms with van der Waals surface area (Å²) in [5.74, 6) is 8.42. The first-order valence-electron chi connectivity index (χ1n) is 45.6. The van der Waals surface area contributed by atoms with Crippen LogP contribution in [0.5, 0.6) is 57.5 Å². The van der Waals surface area contributed by atoms with Gasteiger partial charge in [0.1, 0.15) is 57.5 Å². The van der Waals surface area contributed by atoms with Gasteiger partial charge in [-0.25, -0.2) is 0 Å². The Hall–Kier alpha value is -12.8. The van der Waals surface area contributed by atoms with Crippen molar-refractivity contribution < 1.29 is 47.4 Å². The van der Waals surface area contributed by atoms with Crippen molar-refractivity contribution in [1.29, 1.82) is 0 Å². The monoisotopic (exact) mass is 1850 g/mol. The highest BCUT2D eigenvalue weighted by Crippen LogP contribution is 2.54. The summed E-state index contributed by atoms with van der Waals surface area (Å²) in [6.45, 7) is 21.9. The van der Waals surface area contributed by atoms with Gasteiger partial charge in [0.15, 0.2) is 0 Å². The molecular formula is C120H124O10P4. The number of methoxy groups -OCH3 is 10. The molecule has 0 aliphatic rings. The molecule has 0 saturated heterocycles. The lowest BCUT2D eigenvalue weighted by Gasteiger charge is -2.30. The highest BCUT2D eigenvalue weighted by Gasteiger charge is 2.37. The average Bonchev–Trinajstić information content (AvgIpc) is 0.734. The number of rotatable bonds is 30. The van der Waals surface area contributed by atoms with Gasteiger partial charge in [-0.05, 0) is 268 Å². The zero-order valence-electron chi connectivity index (χ0n) is 81.0. The Labute approximate surface area is 800 Å². The second-order valence-electron chi connectivity index (χ2n) is 32.2. The molecule has 16 aromatic rings. The summed E-state index contributed by atoms with van der Waals surface area (Å²) in [5, 5.41) is 14.7. The van der Waals surface area contributed by atoms with Gasteiger partial charge in [-0.2, -0.15) is 0 Å². The first kappa shape index (κ1) is 98.7. The highest BCUT2D eigenvalue weighted by atomic mass is 31.1. The Morgan fingerprint density at radius 3 is 0.448 bits per heavy atom. The molecule has 0 bridgehead atoms. The molecule has 684 valence electrons. The van der Waals surface area contributed by atoms with Gasteiger partial charge in [0, 0.05) is 55.1 Å². The van der Waals surface area contributed by atoms with E-state index in [0.717, 1.165) is 116 Å².